The molecule has 152 valence electrons. The molecule has 2 saturated heterocycles. The summed E-state index contributed by atoms with van der Waals surface area (Å²) in [5.74, 6) is -3.04. The quantitative estimate of drug-likeness (QED) is 0.236. The number of esters is 3. The van der Waals surface area contributed by atoms with Crippen LogP contribution < -0.4 is 0 Å². The minimum atomic E-state index is -0.582. The van der Waals surface area contributed by atoms with Gasteiger partial charge < -0.3 is 28.8 Å². The van der Waals surface area contributed by atoms with Gasteiger partial charge in [0.15, 0.2) is 0 Å². The summed E-state index contributed by atoms with van der Waals surface area (Å²) >= 11 is 0. The number of ether oxygens (including phenoxy) is 5. The molecule has 0 bridgehead atoms. The molecule has 2 aliphatic heterocycles. The Labute approximate surface area is 157 Å². The van der Waals surface area contributed by atoms with E-state index in [2.05, 4.69) is 0 Å². The van der Waals surface area contributed by atoms with Crippen LogP contribution in [0.1, 0.15) is 25.7 Å². The molecule has 0 radical (unpaired) electrons. The van der Waals surface area contributed by atoms with Crippen LogP contribution in [-0.2, 0) is 38.1 Å². The number of carbonyl (C=O) groups excluding carboxylic acids is 3. The number of epoxide rings is 2. The smallest absolute Gasteiger partial charge is 0.309 e. The fraction of sp³-hybridized carbons (Fsp3) is 0.833. The zero-order valence-electron chi connectivity index (χ0n) is 15.2. The molecule has 0 amide bonds. The van der Waals surface area contributed by atoms with Gasteiger partial charge >= 0.3 is 17.9 Å². The average Bonchev–Trinajstić information content (AvgIpc) is 3.58. The number of rotatable bonds is 10. The van der Waals surface area contributed by atoms with E-state index in [0.29, 0.717) is 19.6 Å². The number of aliphatic hydroxyl groups excluding tert-OH is 1. The second-order valence-electron chi connectivity index (χ2n) is 7.21. The minimum Gasteiger partial charge on any atom is -0.465 e. The summed E-state index contributed by atoms with van der Waals surface area (Å²) in [4.78, 5) is 37.0. The van der Waals surface area contributed by atoms with E-state index in [1.54, 1.807) is 0 Å². The predicted molar refractivity (Wildman–Crippen MR) is 88.4 cm³/mol. The van der Waals surface area contributed by atoms with Gasteiger partial charge in [-0.3, -0.25) is 14.4 Å². The SMILES string of the molecule is O=C(OCCCO)C1CC(C(=O)OCC2CO2)CC(C(=O)OC[C@@H]2CO2)C1. The highest BCUT2D eigenvalue weighted by Gasteiger charge is 2.42. The van der Waals surface area contributed by atoms with E-state index in [1.807, 2.05) is 0 Å². The van der Waals surface area contributed by atoms with Crippen molar-refractivity contribution in [2.45, 2.75) is 37.9 Å². The first-order valence-corrected chi connectivity index (χ1v) is 9.40. The van der Waals surface area contributed by atoms with E-state index < -0.39 is 35.7 Å². The molecule has 2 heterocycles. The number of hydrogen-bond donors (Lipinski definition) is 1. The van der Waals surface area contributed by atoms with Crippen LogP contribution in [0.15, 0.2) is 0 Å². The largest absolute Gasteiger partial charge is 0.465 e. The molecule has 3 aliphatic rings. The zero-order valence-corrected chi connectivity index (χ0v) is 15.2. The van der Waals surface area contributed by atoms with Crippen LogP contribution in [0.4, 0.5) is 0 Å². The Hall–Kier alpha value is -1.71. The normalized spacial score (nSPS) is 31.7. The monoisotopic (exact) mass is 386 g/mol. The van der Waals surface area contributed by atoms with Gasteiger partial charge in [-0.15, -0.1) is 0 Å². The van der Waals surface area contributed by atoms with Crippen molar-refractivity contribution in [1.29, 1.82) is 0 Å². The highest BCUT2D eigenvalue weighted by atomic mass is 16.6. The van der Waals surface area contributed by atoms with Gasteiger partial charge in [-0.25, -0.2) is 0 Å². The maximum Gasteiger partial charge on any atom is 0.309 e. The van der Waals surface area contributed by atoms with Crippen molar-refractivity contribution in [3.63, 3.8) is 0 Å². The molecule has 1 N–H and O–H groups in total. The van der Waals surface area contributed by atoms with Crippen molar-refractivity contribution < 1.29 is 43.2 Å². The molecule has 4 unspecified atom stereocenters. The Balaban J connectivity index is 1.56. The molecule has 9 heteroatoms. The van der Waals surface area contributed by atoms with Crippen LogP contribution >= 0.6 is 0 Å². The van der Waals surface area contributed by atoms with Crippen molar-refractivity contribution in [3.8, 4) is 0 Å². The molecule has 9 nitrogen and oxygen atoms in total. The maximum atomic E-state index is 12.4. The second-order valence-corrected chi connectivity index (χ2v) is 7.21. The molecule has 5 atom stereocenters. The van der Waals surface area contributed by atoms with Gasteiger partial charge in [0, 0.05) is 13.0 Å². The van der Waals surface area contributed by atoms with Crippen molar-refractivity contribution in [1.82, 2.24) is 0 Å². The Morgan fingerprint density at radius 3 is 1.56 bits per heavy atom. The molecule has 0 aromatic rings. The minimum absolute atomic E-state index is 0.0453. The van der Waals surface area contributed by atoms with Crippen LogP contribution in [0.2, 0.25) is 0 Å². The number of hydrogen-bond acceptors (Lipinski definition) is 9. The Bertz CT molecular complexity index is 505. The van der Waals surface area contributed by atoms with Gasteiger partial charge in [0.1, 0.15) is 25.4 Å². The fourth-order valence-electron chi connectivity index (χ4n) is 3.17. The molecular weight excluding hydrogens is 360 g/mol. The topological polar surface area (TPSA) is 124 Å². The van der Waals surface area contributed by atoms with E-state index in [1.165, 1.54) is 0 Å². The Kier molecular flexibility index (Phi) is 7.03. The predicted octanol–water partition coefficient (Wildman–Crippen LogP) is -0.171. The first-order chi connectivity index (χ1) is 13.1. The molecule has 0 spiro atoms. The standard InChI is InChI=1S/C18H26O9/c19-2-1-3-23-16(20)11-4-12(17(21)26-9-14-7-24-14)6-13(5-11)18(22)27-10-15-8-25-15/h11-15,19H,1-10H2/t11?,12?,13?,14-,15?/m0/s1. The summed E-state index contributed by atoms with van der Waals surface area (Å²) in [6, 6.07) is 0. The zero-order chi connectivity index (χ0) is 19.2. The molecular formula is C18H26O9. The van der Waals surface area contributed by atoms with Crippen molar-refractivity contribution in [3.05, 3.63) is 0 Å². The third kappa shape index (κ3) is 6.44. The average molecular weight is 386 g/mol. The molecule has 1 aliphatic carbocycles. The van der Waals surface area contributed by atoms with Crippen LogP contribution in [0.3, 0.4) is 0 Å². The summed E-state index contributed by atoms with van der Waals surface area (Å²) in [6.07, 6.45) is 1.09. The first-order valence-electron chi connectivity index (χ1n) is 9.40. The fourth-order valence-corrected chi connectivity index (χ4v) is 3.17. The van der Waals surface area contributed by atoms with Crippen LogP contribution in [0.5, 0.6) is 0 Å². The molecule has 3 fully saturated rings. The van der Waals surface area contributed by atoms with Crippen molar-refractivity contribution >= 4 is 17.9 Å². The summed E-state index contributed by atoms with van der Waals surface area (Å²) < 4.78 is 25.7. The molecule has 0 aromatic heterocycles. The van der Waals surface area contributed by atoms with Crippen LogP contribution in [0.25, 0.3) is 0 Å². The van der Waals surface area contributed by atoms with Crippen molar-refractivity contribution in [2.24, 2.45) is 17.8 Å². The molecule has 27 heavy (non-hydrogen) atoms. The van der Waals surface area contributed by atoms with Gasteiger partial charge in [-0.1, -0.05) is 0 Å². The van der Waals surface area contributed by atoms with Gasteiger partial charge in [0.25, 0.3) is 0 Å². The van der Waals surface area contributed by atoms with E-state index in [4.69, 9.17) is 28.8 Å². The number of aliphatic hydroxyl groups is 1. The van der Waals surface area contributed by atoms with Crippen LogP contribution in [-0.4, -0.2) is 74.9 Å². The lowest BCUT2D eigenvalue weighted by molar-refractivity contribution is -0.161. The summed E-state index contributed by atoms with van der Waals surface area (Å²) in [5, 5.41) is 8.80. The second kappa shape index (κ2) is 9.48. The lowest BCUT2D eigenvalue weighted by atomic mass is 9.75. The lowest BCUT2D eigenvalue weighted by Gasteiger charge is -2.31. The Morgan fingerprint density at radius 1 is 0.778 bits per heavy atom. The lowest BCUT2D eigenvalue weighted by Crippen LogP contribution is -2.37. The third-order valence-corrected chi connectivity index (χ3v) is 4.88. The van der Waals surface area contributed by atoms with E-state index in [9.17, 15) is 14.4 Å². The highest BCUT2D eigenvalue weighted by molar-refractivity contribution is 5.80. The Morgan fingerprint density at radius 2 is 1.19 bits per heavy atom. The third-order valence-electron chi connectivity index (χ3n) is 4.88. The van der Waals surface area contributed by atoms with Crippen molar-refractivity contribution in [2.75, 3.05) is 39.6 Å². The van der Waals surface area contributed by atoms with E-state index >= 15 is 0 Å². The summed E-state index contributed by atoms with van der Waals surface area (Å²) in [6.45, 7) is 1.57. The maximum absolute atomic E-state index is 12.4. The van der Waals surface area contributed by atoms with E-state index in [-0.39, 0.29) is 57.9 Å². The molecule has 1 saturated carbocycles. The van der Waals surface area contributed by atoms with Crippen LogP contribution in [0, 0.1) is 17.8 Å². The highest BCUT2D eigenvalue weighted by Crippen LogP contribution is 2.36. The van der Waals surface area contributed by atoms with Gasteiger partial charge in [-0.2, -0.15) is 0 Å². The van der Waals surface area contributed by atoms with Gasteiger partial charge in [0.2, 0.25) is 0 Å². The van der Waals surface area contributed by atoms with Gasteiger partial charge in [-0.05, 0) is 19.3 Å². The first kappa shape index (κ1) is 20.0. The summed E-state index contributed by atoms with van der Waals surface area (Å²) in [7, 11) is 0. The molecule has 0 aromatic carbocycles. The summed E-state index contributed by atoms with van der Waals surface area (Å²) in [5.41, 5.74) is 0. The number of carbonyl (C=O) groups is 3. The van der Waals surface area contributed by atoms with Gasteiger partial charge in [0.05, 0.1) is 37.6 Å². The van der Waals surface area contributed by atoms with E-state index in [0.717, 1.165) is 0 Å². The molecule has 3 rings (SSSR count).